The molecule has 4 nitrogen and oxygen atoms in total. The topological polar surface area (TPSA) is 44.8 Å². The number of ether oxygens (including phenoxy) is 3. The lowest BCUT2D eigenvalue weighted by Crippen LogP contribution is -2.32. The molecule has 1 aromatic rings. The normalized spacial score (nSPS) is 20.4. The van der Waals surface area contributed by atoms with Crippen LogP contribution in [0, 0.1) is 5.82 Å². The van der Waals surface area contributed by atoms with Gasteiger partial charge in [0.05, 0.1) is 18.8 Å². The molecule has 1 heterocycles. The molecule has 1 aromatic carbocycles. The lowest BCUT2D eigenvalue weighted by molar-refractivity contribution is -0.186. The Hall–Kier alpha value is -1.46. The smallest absolute Gasteiger partial charge is 0.340 e. The number of hydrogen-bond donors (Lipinski definition) is 0. The van der Waals surface area contributed by atoms with Crippen LogP contribution < -0.4 is 0 Å². The number of rotatable bonds is 2. The van der Waals surface area contributed by atoms with Gasteiger partial charge in [0.15, 0.2) is 0 Å². The molecule has 1 aliphatic rings. The van der Waals surface area contributed by atoms with E-state index in [1.165, 1.54) is 24.3 Å². The third-order valence-electron chi connectivity index (χ3n) is 2.10. The van der Waals surface area contributed by atoms with Crippen molar-refractivity contribution in [2.45, 2.75) is 6.29 Å². The summed E-state index contributed by atoms with van der Waals surface area (Å²) in [5.74, 6) is -0.940. The number of esters is 1. The molecule has 86 valence electrons. The lowest BCUT2D eigenvalue weighted by atomic mass is 10.2. The van der Waals surface area contributed by atoms with Crippen molar-refractivity contribution in [2.24, 2.45) is 0 Å². The molecule has 1 saturated heterocycles. The zero-order valence-corrected chi connectivity index (χ0v) is 8.52. The van der Waals surface area contributed by atoms with Crippen LogP contribution in [0.5, 0.6) is 0 Å². The Labute approximate surface area is 91.9 Å². The molecule has 0 bridgehead atoms. The largest absolute Gasteiger partial charge is 0.430 e. The first kappa shape index (κ1) is 11.0. The van der Waals surface area contributed by atoms with Gasteiger partial charge in [-0.2, -0.15) is 0 Å². The summed E-state index contributed by atoms with van der Waals surface area (Å²) in [6.45, 7) is 1.14. The van der Waals surface area contributed by atoms with E-state index in [2.05, 4.69) is 0 Å². The van der Waals surface area contributed by atoms with E-state index in [-0.39, 0.29) is 12.2 Å². The lowest BCUT2D eigenvalue weighted by Gasteiger charge is -2.22. The summed E-state index contributed by atoms with van der Waals surface area (Å²) in [6, 6.07) is 5.13. The van der Waals surface area contributed by atoms with E-state index in [0.717, 1.165) is 0 Å². The zero-order chi connectivity index (χ0) is 11.4. The summed E-state index contributed by atoms with van der Waals surface area (Å²) in [7, 11) is 0. The summed E-state index contributed by atoms with van der Waals surface area (Å²) >= 11 is 0. The van der Waals surface area contributed by atoms with Gasteiger partial charge in [-0.3, -0.25) is 0 Å². The first-order valence-corrected chi connectivity index (χ1v) is 4.91. The van der Waals surface area contributed by atoms with Gasteiger partial charge in [0.2, 0.25) is 6.29 Å². The second-order valence-corrected chi connectivity index (χ2v) is 3.29. The zero-order valence-electron chi connectivity index (χ0n) is 8.52. The SMILES string of the molecule is O=C(OC1COCCO1)c1ccc(F)cc1. The molecule has 1 unspecified atom stereocenters. The molecule has 0 radical (unpaired) electrons. The van der Waals surface area contributed by atoms with E-state index in [1.54, 1.807) is 0 Å². The maximum absolute atomic E-state index is 12.6. The second-order valence-electron chi connectivity index (χ2n) is 3.29. The summed E-state index contributed by atoms with van der Waals surface area (Å²) in [5.41, 5.74) is 0.288. The van der Waals surface area contributed by atoms with Crippen LogP contribution in [-0.2, 0) is 14.2 Å². The van der Waals surface area contributed by atoms with E-state index in [9.17, 15) is 9.18 Å². The highest BCUT2D eigenvalue weighted by molar-refractivity contribution is 5.89. The fourth-order valence-corrected chi connectivity index (χ4v) is 1.31. The minimum atomic E-state index is -0.675. The Morgan fingerprint density at radius 2 is 2.06 bits per heavy atom. The Morgan fingerprint density at radius 3 is 2.69 bits per heavy atom. The molecule has 0 aliphatic carbocycles. The molecule has 0 spiro atoms. The number of carbonyl (C=O) groups excluding carboxylic acids is 1. The maximum atomic E-state index is 12.6. The van der Waals surface area contributed by atoms with E-state index < -0.39 is 18.1 Å². The van der Waals surface area contributed by atoms with Gasteiger partial charge in [-0.1, -0.05) is 0 Å². The fraction of sp³-hybridized carbons (Fsp3) is 0.364. The van der Waals surface area contributed by atoms with Crippen LogP contribution in [0.15, 0.2) is 24.3 Å². The minimum absolute atomic E-state index is 0.229. The van der Waals surface area contributed by atoms with Gasteiger partial charge in [0, 0.05) is 0 Å². The molecule has 0 N–H and O–H groups in total. The highest BCUT2D eigenvalue weighted by atomic mass is 19.1. The van der Waals surface area contributed by atoms with E-state index in [1.807, 2.05) is 0 Å². The number of carbonyl (C=O) groups is 1. The third-order valence-corrected chi connectivity index (χ3v) is 2.10. The van der Waals surface area contributed by atoms with Crippen molar-refractivity contribution in [3.05, 3.63) is 35.6 Å². The van der Waals surface area contributed by atoms with E-state index >= 15 is 0 Å². The van der Waals surface area contributed by atoms with Gasteiger partial charge in [0.1, 0.15) is 12.4 Å². The summed E-state index contributed by atoms with van der Waals surface area (Å²) in [6.07, 6.45) is -0.675. The molecule has 0 saturated carbocycles. The van der Waals surface area contributed by atoms with E-state index in [4.69, 9.17) is 14.2 Å². The first-order valence-electron chi connectivity index (χ1n) is 4.91. The van der Waals surface area contributed by atoms with Gasteiger partial charge in [-0.05, 0) is 24.3 Å². The second kappa shape index (κ2) is 5.05. The molecular formula is C11H11FO4. The molecule has 16 heavy (non-hydrogen) atoms. The standard InChI is InChI=1S/C11H11FO4/c12-9-3-1-8(2-4-9)11(13)16-10-7-14-5-6-15-10/h1-4,10H,5-7H2. The molecule has 1 fully saturated rings. The monoisotopic (exact) mass is 226 g/mol. The van der Waals surface area contributed by atoms with Crippen molar-refractivity contribution < 1.29 is 23.4 Å². The van der Waals surface area contributed by atoms with Gasteiger partial charge in [-0.25, -0.2) is 9.18 Å². The average Bonchev–Trinajstić information content (AvgIpc) is 2.31. The first-order chi connectivity index (χ1) is 7.75. The van der Waals surface area contributed by atoms with Crippen molar-refractivity contribution in [1.29, 1.82) is 0 Å². The molecule has 5 heteroatoms. The summed E-state index contributed by atoms with van der Waals surface area (Å²) in [5, 5.41) is 0. The average molecular weight is 226 g/mol. The molecule has 2 rings (SSSR count). The van der Waals surface area contributed by atoms with Crippen LogP contribution in [0.1, 0.15) is 10.4 Å². The quantitative estimate of drug-likeness (QED) is 0.714. The van der Waals surface area contributed by atoms with Crippen molar-refractivity contribution in [1.82, 2.24) is 0 Å². The third kappa shape index (κ3) is 2.77. The number of halogens is 1. The molecular weight excluding hydrogens is 215 g/mol. The van der Waals surface area contributed by atoms with Crippen molar-refractivity contribution >= 4 is 5.97 Å². The van der Waals surface area contributed by atoms with Gasteiger partial charge >= 0.3 is 5.97 Å². The van der Waals surface area contributed by atoms with Crippen LogP contribution >= 0.6 is 0 Å². The highest BCUT2D eigenvalue weighted by Gasteiger charge is 2.19. The Bertz CT molecular complexity index is 357. The summed E-state index contributed by atoms with van der Waals surface area (Å²) in [4.78, 5) is 11.5. The molecule has 1 atom stereocenters. The Morgan fingerprint density at radius 1 is 1.31 bits per heavy atom. The number of benzene rings is 1. The molecule has 0 aromatic heterocycles. The van der Waals surface area contributed by atoms with Crippen LogP contribution in [0.3, 0.4) is 0 Å². The number of hydrogen-bond acceptors (Lipinski definition) is 4. The molecule has 1 aliphatic heterocycles. The predicted molar refractivity (Wildman–Crippen MR) is 52.4 cm³/mol. The van der Waals surface area contributed by atoms with Crippen LogP contribution in [-0.4, -0.2) is 32.1 Å². The highest BCUT2D eigenvalue weighted by Crippen LogP contribution is 2.09. The Balaban J connectivity index is 1.94. The van der Waals surface area contributed by atoms with Crippen LogP contribution in [0.2, 0.25) is 0 Å². The minimum Gasteiger partial charge on any atom is -0.430 e. The van der Waals surface area contributed by atoms with Gasteiger partial charge in [0.25, 0.3) is 0 Å². The Kier molecular flexibility index (Phi) is 3.48. The maximum Gasteiger partial charge on any atom is 0.340 e. The van der Waals surface area contributed by atoms with Gasteiger partial charge in [-0.15, -0.1) is 0 Å². The van der Waals surface area contributed by atoms with Crippen LogP contribution in [0.25, 0.3) is 0 Å². The predicted octanol–water partition coefficient (Wildman–Crippen LogP) is 1.36. The van der Waals surface area contributed by atoms with Crippen molar-refractivity contribution in [2.75, 3.05) is 19.8 Å². The molecule has 0 amide bonds. The van der Waals surface area contributed by atoms with Crippen molar-refractivity contribution in [3.63, 3.8) is 0 Å². The van der Waals surface area contributed by atoms with Crippen LogP contribution in [0.4, 0.5) is 4.39 Å². The van der Waals surface area contributed by atoms with E-state index in [0.29, 0.717) is 13.2 Å². The van der Waals surface area contributed by atoms with Crippen molar-refractivity contribution in [3.8, 4) is 0 Å². The fourth-order valence-electron chi connectivity index (χ4n) is 1.31. The summed E-state index contributed by atoms with van der Waals surface area (Å²) < 4.78 is 27.8. The van der Waals surface area contributed by atoms with Gasteiger partial charge < -0.3 is 14.2 Å².